The Kier molecular flexibility index (Phi) is 3.99. The molecule has 2 rings (SSSR count). The maximum absolute atomic E-state index is 13.7. The van der Waals surface area contributed by atoms with Gasteiger partial charge in [0.2, 0.25) is 0 Å². The van der Waals surface area contributed by atoms with Crippen molar-refractivity contribution in [2.24, 2.45) is 0 Å². The number of benzene rings is 1. The van der Waals surface area contributed by atoms with Gasteiger partial charge >= 0.3 is 5.69 Å². The van der Waals surface area contributed by atoms with Crippen molar-refractivity contribution in [1.82, 2.24) is 9.55 Å². The Morgan fingerprint density at radius 1 is 1.25 bits per heavy atom. The largest absolute Gasteiger partial charge is 0.329 e. The molecule has 0 aliphatic heterocycles. The number of aromatic nitrogens is 2. The second-order valence-corrected chi connectivity index (χ2v) is 4.28. The minimum atomic E-state index is -2.90. The van der Waals surface area contributed by atoms with Crippen LogP contribution in [0.1, 0.15) is 0 Å². The lowest BCUT2D eigenvalue weighted by molar-refractivity contribution is 0.123. The zero-order valence-electron chi connectivity index (χ0n) is 9.87. The van der Waals surface area contributed by atoms with Gasteiger partial charge in [-0.15, -0.1) is 0 Å². The van der Waals surface area contributed by atoms with Crippen LogP contribution in [-0.2, 0) is 6.54 Å². The highest BCUT2D eigenvalue weighted by Gasteiger charge is 2.19. The highest BCUT2D eigenvalue weighted by atomic mass is 35.5. The number of H-pyrrole nitrogens is 1. The maximum Gasteiger partial charge on any atom is 0.329 e. The van der Waals surface area contributed by atoms with E-state index < -0.39 is 35.2 Å². The Labute approximate surface area is 115 Å². The lowest BCUT2D eigenvalue weighted by Gasteiger charge is -2.09. The number of nitrogens with zero attached hydrogens (tertiary/aromatic N) is 1. The molecule has 0 saturated heterocycles. The second kappa shape index (κ2) is 5.54. The van der Waals surface area contributed by atoms with E-state index >= 15 is 0 Å². The Hall–Kier alpha value is -2.02. The van der Waals surface area contributed by atoms with Crippen LogP contribution in [0.2, 0.25) is 5.15 Å². The van der Waals surface area contributed by atoms with Gasteiger partial charge in [-0.2, -0.15) is 0 Å². The van der Waals surface area contributed by atoms with Crippen LogP contribution >= 0.6 is 11.6 Å². The van der Waals surface area contributed by atoms with Crippen LogP contribution in [0.5, 0.6) is 0 Å². The molecule has 0 atom stereocenters. The van der Waals surface area contributed by atoms with Crippen molar-refractivity contribution in [2.75, 3.05) is 0 Å². The van der Waals surface area contributed by atoms with Gasteiger partial charge < -0.3 is 0 Å². The van der Waals surface area contributed by atoms with Gasteiger partial charge in [0, 0.05) is 5.56 Å². The number of hydrogen-bond acceptors (Lipinski definition) is 2. The van der Waals surface area contributed by atoms with E-state index in [4.69, 9.17) is 11.6 Å². The summed E-state index contributed by atoms with van der Waals surface area (Å²) in [4.78, 5) is 25.6. The molecular weight excluding hydrogens is 297 g/mol. The third-order valence-corrected chi connectivity index (χ3v) is 2.89. The van der Waals surface area contributed by atoms with Gasteiger partial charge in [-0.25, -0.2) is 18.0 Å². The quantitative estimate of drug-likeness (QED) is 0.884. The maximum atomic E-state index is 13.7. The predicted molar refractivity (Wildman–Crippen MR) is 67.7 cm³/mol. The molecule has 4 nitrogen and oxygen atoms in total. The van der Waals surface area contributed by atoms with Gasteiger partial charge in [-0.05, 0) is 6.07 Å². The fourth-order valence-electron chi connectivity index (χ4n) is 1.75. The van der Waals surface area contributed by atoms with Crippen molar-refractivity contribution in [3.05, 3.63) is 56.1 Å². The van der Waals surface area contributed by atoms with Crippen LogP contribution in [0.15, 0.2) is 33.9 Å². The first kappa shape index (κ1) is 14.4. The minimum Gasteiger partial charge on any atom is -0.297 e. The van der Waals surface area contributed by atoms with Crippen molar-refractivity contribution in [1.29, 1.82) is 0 Å². The number of alkyl halides is 2. The first-order valence-electron chi connectivity index (χ1n) is 5.47. The van der Waals surface area contributed by atoms with Crippen molar-refractivity contribution < 1.29 is 13.2 Å². The van der Waals surface area contributed by atoms with E-state index in [1.807, 2.05) is 0 Å². The summed E-state index contributed by atoms with van der Waals surface area (Å²) in [6, 6.07) is 5.21. The van der Waals surface area contributed by atoms with Gasteiger partial charge in [-0.3, -0.25) is 14.3 Å². The Morgan fingerprint density at radius 2 is 1.90 bits per heavy atom. The monoisotopic (exact) mass is 304 g/mol. The summed E-state index contributed by atoms with van der Waals surface area (Å²) in [5.74, 6) is -0.748. The molecule has 0 bridgehead atoms. The summed E-state index contributed by atoms with van der Waals surface area (Å²) in [5.41, 5.74) is -2.66. The number of rotatable bonds is 3. The van der Waals surface area contributed by atoms with Crippen molar-refractivity contribution in [3.63, 3.8) is 0 Å². The first-order chi connectivity index (χ1) is 9.41. The van der Waals surface area contributed by atoms with E-state index in [9.17, 15) is 22.8 Å². The SMILES string of the molecule is O=c1[nH]c(Cl)c(-c2ccccc2F)c(=O)n1CC(F)F. The van der Waals surface area contributed by atoms with Crippen LogP contribution in [-0.4, -0.2) is 16.0 Å². The third-order valence-electron chi connectivity index (χ3n) is 2.60. The van der Waals surface area contributed by atoms with E-state index in [1.165, 1.54) is 18.2 Å². The molecular formula is C12H8ClF3N2O2. The predicted octanol–water partition coefficient (Wildman–Crippen LogP) is 2.26. The number of halogens is 4. The minimum absolute atomic E-state index is 0.165. The normalized spacial score (nSPS) is 11.1. The van der Waals surface area contributed by atoms with E-state index in [2.05, 4.69) is 4.98 Å². The zero-order chi connectivity index (χ0) is 14.9. The molecule has 0 aliphatic carbocycles. The van der Waals surface area contributed by atoms with Gasteiger partial charge in [-0.1, -0.05) is 29.8 Å². The number of nitrogens with one attached hydrogen (secondary N) is 1. The molecule has 1 heterocycles. The zero-order valence-corrected chi connectivity index (χ0v) is 10.6. The van der Waals surface area contributed by atoms with Gasteiger partial charge in [0.15, 0.2) is 0 Å². The molecule has 8 heteroatoms. The van der Waals surface area contributed by atoms with Crippen molar-refractivity contribution >= 4 is 11.6 Å². The van der Waals surface area contributed by atoms with E-state index in [-0.39, 0.29) is 11.1 Å². The summed E-state index contributed by atoms with van der Waals surface area (Å²) in [6.45, 7) is -1.09. The number of aromatic amines is 1. The molecule has 0 aliphatic rings. The summed E-state index contributed by atoms with van der Waals surface area (Å²) in [7, 11) is 0. The third kappa shape index (κ3) is 2.62. The summed E-state index contributed by atoms with van der Waals surface area (Å²) in [5, 5.41) is -0.393. The average Bonchev–Trinajstić information content (AvgIpc) is 2.36. The van der Waals surface area contributed by atoms with Crippen LogP contribution < -0.4 is 11.2 Å². The highest BCUT2D eigenvalue weighted by molar-refractivity contribution is 6.32. The topological polar surface area (TPSA) is 54.9 Å². The molecule has 0 radical (unpaired) electrons. The van der Waals surface area contributed by atoms with E-state index in [0.29, 0.717) is 4.57 Å². The summed E-state index contributed by atoms with van der Waals surface area (Å²) >= 11 is 5.73. The van der Waals surface area contributed by atoms with Crippen LogP contribution in [0.3, 0.4) is 0 Å². The molecule has 1 aromatic carbocycles. The molecule has 0 amide bonds. The lowest BCUT2D eigenvalue weighted by atomic mass is 10.1. The molecule has 1 aromatic heterocycles. The Bertz CT molecular complexity index is 755. The average molecular weight is 305 g/mol. The summed E-state index contributed by atoms with van der Waals surface area (Å²) in [6.07, 6.45) is -2.90. The van der Waals surface area contributed by atoms with Gasteiger partial charge in [0.05, 0.1) is 12.1 Å². The lowest BCUT2D eigenvalue weighted by Crippen LogP contribution is -2.38. The Morgan fingerprint density at radius 3 is 2.50 bits per heavy atom. The second-order valence-electron chi connectivity index (χ2n) is 3.91. The molecule has 106 valence electrons. The van der Waals surface area contributed by atoms with Gasteiger partial charge in [0.25, 0.3) is 12.0 Å². The molecule has 0 fully saturated rings. The van der Waals surface area contributed by atoms with Gasteiger partial charge in [0.1, 0.15) is 11.0 Å². The van der Waals surface area contributed by atoms with E-state index in [0.717, 1.165) is 6.07 Å². The molecule has 1 N–H and O–H groups in total. The Balaban J connectivity index is 2.75. The van der Waals surface area contributed by atoms with Crippen LogP contribution in [0, 0.1) is 5.82 Å². The molecule has 20 heavy (non-hydrogen) atoms. The fourth-order valence-corrected chi connectivity index (χ4v) is 2.01. The molecule has 2 aromatic rings. The van der Waals surface area contributed by atoms with Crippen molar-refractivity contribution in [3.8, 4) is 11.1 Å². The van der Waals surface area contributed by atoms with Crippen molar-refractivity contribution in [2.45, 2.75) is 13.0 Å². The molecule has 0 unspecified atom stereocenters. The molecule has 0 spiro atoms. The standard InChI is InChI=1S/C12H8ClF3N2O2/c13-10-9(6-3-1-2-4-7(6)14)11(19)18(5-8(15)16)12(20)17-10/h1-4,8H,5H2,(H,17,20). The number of hydrogen-bond donors (Lipinski definition) is 1. The molecule has 0 saturated carbocycles. The van der Waals surface area contributed by atoms with Crippen LogP contribution in [0.4, 0.5) is 13.2 Å². The smallest absolute Gasteiger partial charge is 0.297 e. The highest BCUT2D eigenvalue weighted by Crippen LogP contribution is 2.24. The van der Waals surface area contributed by atoms with E-state index in [1.54, 1.807) is 0 Å². The summed E-state index contributed by atoms with van der Waals surface area (Å²) < 4.78 is 38.7. The fraction of sp³-hybridized carbons (Fsp3) is 0.167. The first-order valence-corrected chi connectivity index (χ1v) is 5.85. The van der Waals surface area contributed by atoms with Crippen LogP contribution in [0.25, 0.3) is 11.1 Å².